The number of hydrogen-bond acceptors (Lipinski definition) is 3. The van der Waals surface area contributed by atoms with Crippen LogP contribution in [0.4, 0.5) is 11.4 Å². The molecule has 2 rings (SSSR count). The van der Waals surface area contributed by atoms with E-state index in [1.807, 2.05) is 19.1 Å². The molecular formula is C15H10ClN3. The monoisotopic (exact) mass is 267 g/mol. The van der Waals surface area contributed by atoms with Crippen molar-refractivity contribution >= 4 is 23.0 Å². The molecule has 0 fully saturated rings. The second-order valence-electron chi connectivity index (χ2n) is 4.09. The highest BCUT2D eigenvalue weighted by Crippen LogP contribution is 2.28. The van der Waals surface area contributed by atoms with E-state index in [0.29, 0.717) is 27.5 Å². The summed E-state index contributed by atoms with van der Waals surface area (Å²) in [5.41, 5.74) is 3.37. The fourth-order valence-electron chi connectivity index (χ4n) is 1.69. The molecule has 19 heavy (non-hydrogen) atoms. The Hall–Kier alpha value is -2.49. The van der Waals surface area contributed by atoms with Crippen LogP contribution >= 0.6 is 11.6 Å². The maximum atomic E-state index is 9.08. The molecule has 2 aromatic carbocycles. The number of anilines is 2. The van der Waals surface area contributed by atoms with Gasteiger partial charge in [-0.3, -0.25) is 0 Å². The van der Waals surface area contributed by atoms with Gasteiger partial charge in [-0.25, -0.2) is 0 Å². The van der Waals surface area contributed by atoms with Crippen molar-refractivity contribution in [3.8, 4) is 12.1 Å². The quantitative estimate of drug-likeness (QED) is 0.890. The molecule has 0 amide bonds. The summed E-state index contributed by atoms with van der Waals surface area (Å²) in [4.78, 5) is 0. The maximum absolute atomic E-state index is 9.08. The lowest BCUT2D eigenvalue weighted by Crippen LogP contribution is -1.95. The van der Waals surface area contributed by atoms with Gasteiger partial charge in [0.1, 0.15) is 6.07 Å². The van der Waals surface area contributed by atoms with Crippen molar-refractivity contribution in [2.45, 2.75) is 6.92 Å². The molecule has 3 nitrogen and oxygen atoms in total. The van der Waals surface area contributed by atoms with Crippen molar-refractivity contribution in [3.05, 3.63) is 58.1 Å². The lowest BCUT2D eigenvalue weighted by Gasteiger charge is -2.11. The summed E-state index contributed by atoms with van der Waals surface area (Å²) in [6.45, 7) is 1.94. The van der Waals surface area contributed by atoms with Gasteiger partial charge in [-0.2, -0.15) is 10.5 Å². The van der Waals surface area contributed by atoms with Crippen LogP contribution in [-0.4, -0.2) is 0 Å². The van der Waals surface area contributed by atoms with Gasteiger partial charge in [-0.15, -0.1) is 0 Å². The fourth-order valence-corrected chi connectivity index (χ4v) is 1.86. The third-order valence-electron chi connectivity index (χ3n) is 2.66. The van der Waals surface area contributed by atoms with Gasteiger partial charge in [0.2, 0.25) is 0 Å². The minimum atomic E-state index is 0.504. The zero-order chi connectivity index (χ0) is 13.8. The van der Waals surface area contributed by atoms with Gasteiger partial charge in [0.05, 0.1) is 33.6 Å². The van der Waals surface area contributed by atoms with E-state index in [-0.39, 0.29) is 0 Å². The lowest BCUT2D eigenvalue weighted by molar-refractivity contribution is 1.40. The van der Waals surface area contributed by atoms with E-state index < -0.39 is 0 Å². The molecule has 0 spiro atoms. The van der Waals surface area contributed by atoms with Gasteiger partial charge in [-0.05, 0) is 42.8 Å². The van der Waals surface area contributed by atoms with Gasteiger partial charge in [0, 0.05) is 0 Å². The van der Waals surface area contributed by atoms with Crippen LogP contribution in [-0.2, 0) is 0 Å². The van der Waals surface area contributed by atoms with E-state index in [0.717, 1.165) is 5.56 Å². The van der Waals surface area contributed by atoms with E-state index in [1.165, 1.54) is 0 Å². The number of nitrogens with zero attached hydrogens (tertiary/aromatic N) is 2. The number of hydrogen-bond donors (Lipinski definition) is 1. The Morgan fingerprint density at radius 1 is 1.00 bits per heavy atom. The number of nitriles is 2. The normalized spacial score (nSPS) is 9.47. The molecule has 0 unspecified atom stereocenters. The third-order valence-corrected chi connectivity index (χ3v) is 2.99. The molecule has 0 heterocycles. The van der Waals surface area contributed by atoms with Crippen LogP contribution in [0.2, 0.25) is 5.02 Å². The highest BCUT2D eigenvalue weighted by molar-refractivity contribution is 6.33. The summed E-state index contributed by atoms with van der Waals surface area (Å²) >= 11 is 6.08. The first-order chi connectivity index (χ1) is 9.13. The molecule has 0 bridgehead atoms. The standard InChI is InChI=1S/C15H10ClN3/c1-10-2-4-12(9-18)14(6-10)19-15-7-11(8-17)3-5-13(15)16/h2-7,19H,1H3. The molecule has 2 aromatic rings. The zero-order valence-electron chi connectivity index (χ0n) is 10.2. The van der Waals surface area contributed by atoms with Crippen molar-refractivity contribution in [1.82, 2.24) is 0 Å². The van der Waals surface area contributed by atoms with Gasteiger partial charge in [0.15, 0.2) is 0 Å². The van der Waals surface area contributed by atoms with E-state index >= 15 is 0 Å². The number of aryl methyl sites for hydroxylation is 1. The molecule has 0 aliphatic carbocycles. The van der Waals surface area contributed by atoms with Crippen molar-refractivity contribution in [2.75, 3.05) is 5.32 Å². The average molecular weight is 268 g/mol. The van der Waals surface area contributed by atoms with Gasteiger partial charge in [-0.1, -0.05) is 17.7 Å². The molecule has 0 saturated carbocycles. The molecule has 0 aromatic heterocycles. The van der Waals surface area contributed by atoms with Crippen LogP contribution in [0.1, 0.15) is 16.7 Å². The van der Waals surface area contributed by atoms with E-state index in [9.17, 15) is 0 Å². The Morgan fingerprint density at radius 2 is 1.79 bits per heavy atom. The van der Waals surface area contributed by atoms with Gasteiger partial charge in [0.25, 0.3) is 0 Å². The predicted octanol–water partition coefficient (Wildman–Crippen LogP) is 4.14. The molecule has 1 N–H and O–H groups in total. The van der Waals surface area contributed by atoms with Crippen LogP contribution in [0.15, 0.2) is 36.4 Å². The minimum absolute atomic E-state index is 0.504. The highest BCUT2D eigenvalue weighted by atomic mass is 35.5. The van der Waals surface area contributed by atoms with E-state index in [2.05, 4.69) is 17.5 Å². The van der Waals surface area contributed by atoms with Crippen molar-refractivity contribution in [2.24, 2.45) is 0 Å². The summed E-state index contributed by atoms with van der Waals surface area (Å²) in [5, 5.41) is 21.6. The Balaban J connectivity index is 2.45. The first-order valence-electron chi connectivity index (χ1n) is 5.61. The smallest absolute Gasteiger partial charge is 0.101 e. The van der Waals surface area contributed by atoms with E-state index in [1.54, 1.807) is 24.3 Å². The molecule has 0 atom stereocenters. The summed E-state index contributed by atoms with van der Waals surface area (Å²) in [6, 6.07) is 14.6. The molecular weight excluding hydrogens is 258 g/mol. The van der Waals surface area contributed by atoms with Crippen molar-refractivity contribution in [1.29, 1.82) is 10.5 Å². The van der Waals surface area contributed by atoms with Gasteiger partial charge >= 0.3 is 0 Å². The van der Waals surface area contributed by atoms with Crippen LogP contribution in [0.25, 0.3) is 0 Å². The van der Waals surface area contributed by atoms with Crippen LogP contribution in [0.3, 0.4) is 0 Å². The Labute approximate surface area is 116 Å². The topological polar surface area (TPSA) is 59.6 Å². The summed E-state index contributed by atoms with van der Waals surface area (Å²) in [5.74, 6) is 0. The van der Waals surface area contributed by atoms with Gasteiger partial charge < -0.3 is 5.32 Å². The minimum Gasteiger partial charge on any atom is -0.353 e. The second kappa shape index (κ2) is 5.44. The number of halogens is 1. The predicted molar refractivity (Wildman–Crippen MR) is 75.3 cm³/mol. The second-order valence-corrected chi connectivity index (χ2v) is 4.50. The first kappa shape index (κ1) is 13.0. The molecule has 92 valence electrons. The lowest BCUT2D eigenvalue weighted by atomic mass is 10.1. The van der Waals surface area contributed by atoms with Crippen LogP contribution < -0.4 is 5.32 Å². The SMILES string of the molecule is Cc1ccc(C#N)c(Nc2cc(C#N)ccc2Cl)c1. The Bertz CT molecular complexity index is 708. The molecule has 4 heteroatoms. The third kappa shape index (κ3) is 2.85. The van der Waals surface area contributed by atoms with E-state index in [4.69, 9.17) is 22.1 Å². The largest absolute Gasteiger partial charge is 0.353 e. The summed E-state index contributed by atoms with van der Waals surface area (Å²) in [7, 11) is 0. The highest BCUT2D eigenvalue weighted by Gasteiger charge is 2.06. The molecule has 0 saturated heterocycles. The first-order valence-corrected chi connectivity index (χ1v) is 5.99. The zero-order valence-corrected chi connectivity index (χ0v) is 11.0. The molecule has 0 aliphatic rings. The fraction of sp³-hybridized carbons (Fsp3) is 0.0667. The Morgan fingerprint density at radius 3 is 2.47 bits per heavy atom. The average Bonchev–Trinajstić information content (AvgIpc) is 2.41. The van der Waals surface area contributed by atoms with Crippen molar-refractivity contribution in [3.63, 3.8) is 0 Å². The number of rotatable bonds is 2. The number of benzene rings is 2. The molecule has 0 aliphatic heterocycles. The number of nitrogens with one attached hydrogen (secondary N) is 1. The summed E-state index contributed by atoms with van der Waals surface area (Å²) < 4.78 is 0. The van der Waals surface area contributed by atoms with Crippen LogP contribution in [0.5, 0.6) is 0 Å². The Kier molecular flexibility index (Phi) is 3.71. The molecule has 0 radical (unpaired) electrons. The van der Waals surface area contributed by atoms with Crippen LogP contribution in [0, 0.1) is 29.6 Å². The van der Waals surface area contributed by atoms with Crippen molar-refractivity contribution < 1.29 is 0 Å². The maximum Gasteiger partial charge on any atom is 0.101 e. The summed E-state index contributed by atoms with van der Waals surface area (Å²) in [6.07, 6.45) is 0.